The molecule has 2 atom stereocenters. The predicted octanol–water partition coefficient (Wildman–Crippen LogP) is -0.763. The summed E-state index contributed by atoms with van der Waals surface area (Å²) in [5, 5.41) is 11.3. The maximum absolute atomic E-state index is 11.3. The van der Waals surface area contributed by atoms with E-state index in [0.29, 0.717) is 6.42 Å². The number of rotatable bonds is 7. The Labute approximate surface area is 84.6 Å². The van der Waals surface area contributed by atoms with Crippen molar-refractivity contribution in [3.8, 4) is 0 Å². The number of nitrogens with two attached hydrogens (primary N) is 1. The smallest absolute Gasteiger partial charge is 0.239 e. The number of amides is 1. The molecule has 5 nitrogen and oxygen atoms in total. The van der Waals surface area contributed by atoms with Crippen molar-refractivity contribution < 1.29 is 14.6 Å². The third-order valence-corrected chi connectivity index (χ3v) is 1.87. The Morgan fingerprint density at radius 2 is 2.29 bits per heavy atom. The largest absolute Gasteiger partial charge is 0.396 e. The van der Waals surface area contributed by atoms with Crippen LogP contribution < -0.4 is 11.1 Å². The molecule has 0 aromatic heterocycles. The third kappa shape index (κ3) is 5.90. The minimum atomic E-state index is -0.614. The van der Waals surface area contributed by atoms with Gasteiger partial charge in [-0.2, -0.15) is 0 Å². The lowest BCUT2D eigenvalue weighted by Gasteiger charge is -2.16. The number of aliphatic hydroxyl groups excluding tert-OH is 1. The van der Waals surface area contributed by atoms with Crippen LogP contribution in [0.25, 0.3) is 0 Å². The number of nitrogens with one attached hydrogen (secondary N) is 1. The summed E-state index contributed by atoms with van der Waals surface area (Å²) >= 11 is 0. The summed E-state index contributed by atoms with van der Waals surface area (Å²) in [6.45, 7) is 2.25. The molecule has 1 amide bonds. The molecule has 0 fully saturated rings. The molecular weight excluding hydrogens is 184 g/mol. The van der Waals surface area contributed by atoms with Crippen molar-refractivity contribution >= 4 is 5.91 Å². The van der Waals surface area contributed by atoms with Gasteiger partial charge < -0.3 is 20.9 Å². The van der Waals surface area contributed by atoms with Crippen LogP contribution in [0.15, 0.2) is 0 Å². The van der Waals surface area contributed by atoms with Gasteiger partial charge in [-0.3, -0.25) is 4.79 Å². The van der Waals surface area contributed by atoms with Gasteiger partial charge >= 0.3 is 0 Å². The zero-order valence-corrected chi connectivity index (χ0v) is 8.82. The Kier molecular flexibility index (Phi) is 7.37. The van der Waals surface area contributed by atoms with Gasteiger partial charge in [-0.05, 0) is 19.8 Å². The first-order chi connectivity index (χ1) is 6.61. The van der Waals surface area contributed by atoms with Gasteiger partial charge in [0.15, 0.2) is 0 Å². The van der Waals surface area contributed by atoms with Crippen molar-refractivity contribution in [1.29, 1.82) is 0 Å². The van der Waals surface area contributed by atoms with Gasteiger partial charge in [-0.1, -0.05) is 0 Å². The van der Waals surface area contributed by atoms with Crippen LogP contribution in [0.5, 0.6) is 0 Å². The van der Waals surface area contributed by atoms with E-state index in [1.165, 1.54) is 7.11 Å². The zero-order valence-electron chi connectivity index (χ0n) is 8.82. The first-order valence-electron chi connectivity index (χ1n) is 4.77. The van der Waals surface area contributed by atoms with Gasteiger partial charge in [0, 0.05) is 19.8 Å². The van der Waals surface area contributed by atoms with E-state index >= 15 is 0 Å². The molecule has 0 aliphatic rings. The summed E-state index contributed by atoms with van der Waals surface area (Å²) in [5.41, 5.74) is 5.52. The first kappa shape index (κ1) is 13.4. The number of ether oxygens (including phenoxy) is 1. The molecule has 2 unspecified atom stereocenters. The second kappa shape index (κ2) is 7.73. The number of methoxy groups -OCH3 is 1. The molecular formula is C9H20N2O3. The van der Waals surface area contributed by atoms with Crippen molar-refractivity contribution in [3.05, 3.63) is 0 Å². The summed E-state index contributed by atoms with van der Waals surface area (Å²) in [6.07, 6.45) is 1.43. The van der Waals surface area contributed by atoms with Crippen LogP contribution in [0.1, 0.15) is 19.8 Å². The Balaban J connectivity index is 3.69. The summed E-state index contributed by atoms with van der Waals surface area (Å²) in [7, 11) is 1.50. The maximum Gasteiger partial charge on any atom is 0.239 e. The van der Waals surface area contributed by atoms with Gasteiger partial charge in [0.1, 0.15) is 6.04 Å². The van der Waals surface area contributed by atoms with E-state index in [1.54, 1.807) is 0 Å². The molecule has 14 heavy (non-hydrogen) atoms. The van der Waals surface area contributed by atoms with Crippen molar-refractivity contribution in [2.75, 3.05) is 20.3 Å². The average Bonchev–Trinajstić information content (AvgIpc) is 2.15. The molecule has 0 rings (SSSR count). The molecule has 0 saturated carbocycles. The topological polar surface area (TPSA) is 84.6 Å². The lowest BCUT2D eigenvalue weighted by Crippen LogP contribution is -2.46. The van der Waals surface area contributed by atoms with Crippen LogP contribution in [-0.2, 0) is 9.53 Å². The Morgan fingerprint density at radius 1 is 1.64 bits per heavy atom. The van der Waals surface area contributed by atoms with E-state index in [9.17, 15) is 4.79 Å². The van der Waals surface area contributed by atoms with Gasteiger partial charge in [0.2, 0.25) is 5.91 Å². The normalized spacial score (nSPS) is 14.9. The molecule has 0 saturated heterocycles. The minimum absolute atomic E-state index is 0.0394. The van der Waals surface area contributed by atoms with E-state index in [4.69, 9.17) is 15.6 Å². The van der Waals surface area contributed by atoms with Gasteiger partial charge in [-0.25, -0.2) is 0 Å². The number of carbonyl (C=O) groups excluding carboxylic acids is 1. The standard InChI is InChI=1S/C9H20N2O3/c1-7(4-3-5-12)11-9(13)8(10)6-14-2/h7-8,12H,3-6,10H2,1-2H3,(H,11,13). The van der Waals surface area contributed by atoms with E-state index < -0.39 is 6.04 Å². The highest BCUT2D eigenvalue weighted by Gasteiger charge is 2.14. The second-order valence-electron chi connectivity index (χ2n) is 3.34. The SMILES string of the molecule is COCC(N)C(=O)NC(C)CCCO. The predicted molar refractivity (Wildman–Crippen MR) is 53.8 cm³/mol. The molecule has 0 bridgehead atoms. The molecule has 0 aliphatic heterocycles. The van der Waals surface area contributed by atoms with Crippen molar-refractivity contribution in [2.45, 2.75) is 31.8 Å². The zero-order chi connectivity index (χ0) is 11.0. The van der Waals surface area contributed by atoms with E-state index in [-0.39, 0.29) is 25.2 Å². The van der Waals surface area contributed by atoms with Crippen LogP contribution in [0.3, 0.4) is 0 Å². The van der Waals surface area contributed by atoms with E-state index in [0.717, 1.165) is 6.42 Å². The van der Waals surface area contributed by atoms with Crippen LogP contribution in [0, 0.1) is 0 Å². The van der Waals surface area contributed by atoms with Gasteiger partial charge in [-0.15, -0.1) is 0 Å². The van der Waals surface area contributed by atoms with Crippen LogP contribution in [0.4, 0.5) is 0 Å². The molecule has 0 spiro atoms. The summed E-state index contributed by atoms with van der Waals surface area (Å²) in [6, 6.07) is -0.575. The Hall–Kier alpha value is -0.650. The molecule has 0 radical (unpaired) electrons. The number of aliphatic hydroxyl groups is 1. The molecule has 0 heterocycles. The minimum Gasteiger partial charge on any atom is -0.396 e. The fourth-order valence-electron chi connectivity index (χ4n) is 1.07. The molecule has 4 N–H and O–H groups in total. The van der Waals surface area contributed by atoms with Crippen molar-refractivity contribution in [1.82, 2.24) is 5.32 Å². The lowest BCUT2D eigenvalue weighted by molar-refractivity contribution is -0.124. The number of hydrogen-bond donors (Lipinski definition) is 3. The number of hydrogen-bond acceptors (Lipinski definition) is 4. The van der Waals surface area contributed by atoms with E-state index in [2.05, 4.69) is 5.32 Å². The Morgan fingerprint density at radius 3 is 2.79 bits per heavy atom. The van der Waals surface area contributed by atoms with Crippen LogP contribution in [0.2, 0.25) is 0 Å². The number of carbonyl (C=O) groups is 1. The maximum atomic E-state index is 11.3. The quantitative estimate of drug-likeness (QED) is 0.509. The molecule has 0 aromatic rings. The summed E-state index contributed by atoms with van der Waals surface area (Å²) in [5.74, 6) is -0.211. The summed E-state index contributed by atoms with van der Waals surface area (Å²) < 4.78 is 4.76. The fourth-order valence-corrected chi connectivity index (χ4v) is 1.07. The third-order valence-electron chi connectivity index (χ3n) is 1.87. The Bertz CT molecular complexity index is 164. The average molecular weight is 204 g/mol. The highest BCUT2D eigenvalue weighted by atomic mass is 16.5. The van der Waals surface area contributed by atoms with Crippen LogP contribution in [-0.4, -0.2) is 43.4 Å². The van der Waals surface area contributed by atoms with Crippen molar-refractivity contribution in [3.63, 3.8) is 0 Å². The monoisotopic (exact) mass is 204 g/mol. The molecule has 5 heteroatoms. The van der Waals surface area contributed by atoms with Gasteiger partial charge in [0.25, 0.3) is 0 Å². The molecule has 84 valence electrons. The first-order valence-corrected chi connectivity index (χ1v) is 4.77. The highest BCUT2D eigenvalue weighted by molar-refractivity contribution is 5.81. The van der Waals surface area contributed by atoms with Crippen molar-refractivity contribution in [2.24, 2.45) is 5.73 Å². The second-order valence-corrected chi connectivity index (χ2v) is 3.34. The fraction of sp³-hybridized carbons (Fsp3) is 0.889. The van der Waals surface area contributed by atoms with Gasteiger partial charge in [0.05, 0.1) is 6.61 Å². The summed E-state index contributed by atoms with van der Waals surface area (Å²) in [4.78, 5) is 11.3. The molecule has 0 aromatic carbocycles. The lowest BCUT2D eigenvalue weighted by atomic mass is 10.2. The molecule has 0 aliphatic carbocycles. The van der Waals surface area contributed by atoms with E-state index in [1.807, 2.05) is 6.92 Å². The highest BCUT2D eigenvalue weighted by Crippen LogP contribution is 1.95. The van der Waals surface area contributed by atoms with Crippen LogP contribution >= 0.6 is 0 Å².